The smallest absolute Gasteiger partial charge is 0.223 e. The molecule has 2 rings (SSSR count). The Hall–Kier alpha value is -1.33. The summed E-state index contributed by atoms with van der Waals surface area (Å²) in [5.74, 6) is 0.218. The van der Waals surface area contributed by atoms with Gasteiger partial charge >= 0.3 is 0 Å². The fraction of sp³-hybridized carbons (Fsp3) is 0.231. The van der Waals surface area contributed by atoms with Gasteiger partial charge in [0.05, 0.1) is 11.2 Å². The molecule has 0 radical (unpaired) electrons. The number of anilines is 1. The highest BCUT2D eigenvalue weighted by atomic mass is 35.5. The summed E-state index contributed by atoms with van der Waals surface area (Å²) in [6.45, 7) is 2.84. The van der Waals surface area contributed by atoms with Crippen molar-refractivity contribution >= 4 is 29.3 Å². The molecule has 0 saturated heterocycles. The van der Waals surface area contributed by atoms with E-state index in [1.54, 1.807) is 18.2 Å². The molecule has 0 bridgehead atoms. The van der Waals surface area contributed by atoms with E-state index < -0.39 is 0 Å². The Labute approximate surface area is 120 Å². The fourth-order valence-electron chi connectivity index (χ4n) is 1.38. The summed E-state index contributed by atoms with van der Waals surface area (Å²) in [5.41, 5.74) is 0. The standard InChI is InChI=1S/C13H13ClFN3S/c1-2-7-16-13-17-8-9(14)12(18-13)19-11-6-4-3-5-10(11)15/h3-6,8H,2,7H2,1H3,(H,16,17,18). The highest BCUT2D eigenvalue weighted by Crippen LogP contribution is 2.33. The van der Waals surface area contributed by atoms with Gasteiger partial charge in [-0.1, -0.05) is 42.4 Å². The van der Waals surface area contributed by atoms with Gasteiger partial charge in [0.1, 0.15) is 10.8 Å². The molecule has 19 heavy (non-hydrogen) atoms. The molecular formula is C13H13ClFN3S. The van der Waals surface area contributed by atoms with Gasteiger partial charge in [0.2, 0.25) is 5.95 Å². The summed E-state index contributed by atoms with van der Waals surface area (Å²) in [6, 6.07) is 6.53. The monoisotopic (exact) mass is 297 g/mol. The first-order chi connectivity index (χ1) is 9.20. The van der Waals surface area contributed by atoms with Crippen molar-refractivity contribution in [1.82, 2.24) is 9.97 Å². The lowest BCUT2D eigenvalue weighted by Crippen LogP contribution is -2.04. The normalized spacial score (nSPS) is 10.5. The Morgan fingerprint density at radius 1 is 1.37 bits per heavy atom. The van der Waals surface area contributed by atoms with E-state index in [9.17, 15) is 4.39 Å². The van der Waals surface area contributed by atoms with Crippen LogP contribution < -0.4 is 5.32 Å². The number of aromatic nitrogens is 2. The lowest BCUT2D eigenvalue weighted by atomic mass is 10.3. The molecule has 1 aromatic heterocycles. The third-order valence-electron chi connectivity index (χ3n) is 2.29. The minimum atomic E-state index is -0.287. The molecule has 0 spiro atoms. The van der Waals surface area contributed by atoms with Gasteiger partial charge in [-0.3, -0.25) is 0 Å². The van der Waals surface area contributed by atoms with Crippen LogP contribution in [0.2, 0.25) is 5.02 Å². The Morgan fingerprint density at radius 2 is 2.16 bits per heavy atom. The zero-order chi connectivity index (χ0) is 13.7. The van der Waals surface area contributed by atoms with Gasteiger partial charge in [-0.15, -0.1) is 0 Å². The summed E-state index contributed by atoms with van der Waals surface area (Å²) in [4.78, 5) is 8.86. The van der Waals surface area contributed by atoms with Crippen molar-refractivity contribution in [3.8, 4) is 0 Å². The Balaban J connectivity index is 2.21. The Kier molecular flexibility index (Phi) is 4.99. The van der Waals surface area contributed by atoms with Crippen LogP contribution in [-0.2, 0) is 0 Å². The summed E-state index contributed by atoms with van der Waals surface area (Å²) in [6.07, 6.45) is 2.50. The van der Waals surface area contributed by atoms with E-state index in [0.717, 1.165) is 13.0 Å². The summed E-state index contributed by atoms with van der Waals surface area (Å²) < 4.78 is 13.6. The largest absolute Gasteiger partial charge is 0.354 e. The first kappa shape index (κ1) is 14.1. The molecule has 1 aromatic carbocycles. The second kappa shape index (κ2) is 6.73. The number of benzene rings is 1. The molecule has 0 aliphatic heterocycles. The van der Waals surface area contributed by atoms with E-state index in [0.29, 0.717) is 20.9 Å². The Bertz CT molecular complexity index is 565. The van der Waals surface area contributed by atoms with Crippen LogP contribution in [0.1, 0.15) is 13.3 Å². The van der Waals surface area contributed by atoms with Crippen molar-refractivity contribution in [1.29, 1.82) is 0 Å². The van der Waals surface area contributed by atoms with E-state index >= 15 is 0 Å². The van der Waals surface area contributed by atoms with Gasteiger partial charge in [-0.25, -0.2) is 14.4 Å². The average Bonchev–Trinajstić information content (AvgIpc) is 2.42. The molecular weight excluding hydrogens is 285 g/mol. The predicted molar refractivity (Wildman–Crippen MR) is 76.3 cm³/mol. The lowest BCUT2D eigenvalue weighted by molar-refractivity contribution is 0.602. The van der Waals surface area contributed by atoms with Gasteiger partial charge in [0.15, 0.2) is 0 Å². The van der Waals surface area contributed by atoms with Crippen LogP contribution in [0.15, 0.2) is 40.4 Å². The Morgan fingerprint density at radius 3 is 2.89 bits per heavy atom. The summed E-state index contributed by atoms with van der Waals surface area (Å²) >= 11 is 7.23. The quantitative estimate of drug-likeness (QED) is 0.838. The van der Waals surface area contributed by atoms with Crippen molar-refractivity contribution in [3.63, 3.8) is 0 Å². The fourth-order valence-corrected chi connectivity index (χ4v) is 2.39. The van der Waals surface area contributed by atoms with Crippen LogP contribution in [0.4, 0.5) is 10.3 Å². The van der Waals surface area contributed by atoms with Crippen molar-refractivity contribution in [2.45, 2.75) is 23.3 Å². The minimum absolute atomic E-state index is 0.287. The zero-order valence-corrected chi connectivity index (χ0v) is 11.9. The maximum Gasteiger partial charge on any atom is 0.223 e. The molecule has 100 valence electrons. The molecule has 0 aliphatic carbocycles. The number of nitrogens with one attached hydrogen (secondary N) is 1. The van der Waals surface area contributed by atoms with Crippen LogP contribution in [0.5, 0.6) is 0 Å². The number of halogens is 2. The SMILES string of the molecule is CCCNc1ncc(Cl)c(Sc2ccccc2F)n1. The van der Waals surface area contributed by atoms with Gasteiger partial charge in [-0.2, -0.15) is 0 Å². The topological polar surface area (TPSA) is 37.8 Å². The third-order valence-corrected chi connectivity index (χ3v) is 3.73. The number of hydrogen-bond acceptors (Lipinski definition) is 4. The number of rotatable bonds is 5. The average molecular weight is 298 g/mol. The van der Waals surface area contributed by atoms with Gasteiger partial charge in [0.25, 0.3) is 0 Å². The van der Waals surface area contributed by atoms with Crippen molar-refractivity contribution in [2.75, 3.05) is 11.9 Å². The van der Waals surface area contributed by atoms with Crippen molar-refractivity contribution in [3.05, 3.63) is 41.3 Å². The molecule has 0 aliphatic rings. The highest BCUT2D eigenvalue weighted by Gasteiger charge is 2.10. The molecule has 0 fully saturated rings. The summed E-state index contributed by atoms with van der Waals surface area (Å²) in [7, 11) is 0. The van der Waals surface area contributed by atoms with E-state index in [4.69, 9.17) is 11.6 Å². The first-order valence-corrected chi connectivity index (χ1v) is 7.09. The minimum Gasteiger partial charge on any atom is -0.354 e. The van der Waals surface area contributed by atoms with Crippen molar-refractivity contribution in [2.24, 2.45) is 0 Å². The molecule has 0 atom stereocenters. The predicted octanol–water partition coefficient (Wildman–Crippen LogP) is 4.24. The van der Waals surface area contributed by atoms with Crippen molar-refractivity contribution < 1.29 is 4.39 Å². The molecule has 6 heteroatoms. The van der Waals surface area contributed by atoms with Crippen LogP contribution in [0.25, 0.3) is 0 Å². The van der Waals surface area contributed by atoms with E-state index in [1.165, 1.54) is 24.0 Å². The van der Waals surface area contributed by atoms with Crippen LogP contribution in [0.3, 0.4) is 0 Å². The molecule has 3 nitrogen and oxygen atoms in total. The number of hydrogen-bond donors (Lipinski definition) is 1. The van der Waals surface area contributed by atoms with Gasteiger partial charge in [0, 0.05) is 11.4 Å². The van der Waals surface area contributed by atoms with Gasteiger partial charge in [-0.05, 0) is 18.6 Å². The molecule has 0 amide bonds. The second-order valence-electron chi connectivity index (χ2n) is 3.81. The first-order valence-electron chi connectivity index (χ1n) is 5.89. The highest BCUT2D eigenvalue weighted by molar-refractivity contribution is 7.99. The van der Waals surface area contributed by atoms with E-state index in [-0.39, 0.29) is 5.82 Å². The number of nitrogens with zero attached hydrogens (tertiary/aromatic N) is 2. The van der Waals surface area contributed by atoms with Gasteiger partial charge < -0.3 is 5.32 Å². The third kappa shape index (κ3) is 3.81. The van der Waals surface area contributed by atoms with E-state index in [1.807, 2.05) is 0 Å². The molecule has 2 aromatic rings. The molecule has 1 heterocycles. The maximum atomic E-state index is 13.6. The van der Waals surface area contributed by atoms with E-state index in [2.05, 4.69) is 22.2 Å². The maximum absolute atomic E-state index is 13.6. The molecule has 0 unspecified atom stereocenters. The molecule has 1 N–H and O–H groups in total. The van der Waals surface area contributed by atoms with Crippen LogP contribution >= 0.6 is 23.4 Å². The second-order valence-corrected chi connectivity index (χ2v) is 5.24. The molecule has 0 saturated carbocycles. The van der Waals surface area contributed by atoms with Crippen LogP contribution in [0, 0.1) is 5.82 Å². The lowest BCUT2D eigenvalue weighted by Gasteiger charge is -2.07. The zero-order valence-electron chi connectivity index (χ0n) is 10.4. The summed E-state index contributed by atoms with van der Waals surface area (Å²) in [5, 5.41) is 4.03. The van der Waals surface area contributed by atoms with Crippen LogP contribution in [-0.4, -0.2) is 16.5 Å².